The first kappa shape index (κ1) is 64.8. The quantitative estimate of drug-likeness (QED) is 0.00798. The molecule has 22 nitrogen and oxygen atoms in total. The van der Waals surface area contributed by atoms with Crippen molar-refractivity contribution in [3.05, 3.63) is 159 Å². The zero-order valence-corrected chi connectivity index (χ0v) is 49.9. The lowest BCUT2D eigenvalue weighted by molar-refractivity contribution is -0.146. The average molecular weight is 1240 g/mol. The smallest absolute Gasteiger partial charge is 0.323 e. The molecule has 0 unspecified atom stereocenters. The lowest BCUT2D eigenvalue weighted by atomic mass is 10.1. The van der Waals surface area contributed by atoms with E-state index in [4.69, 9.17) is 34.2 Å². The monoisotopic (exact) mass is 1230 g/mol. The van der Waals surface area contributed by atoms with E-state index in [1.54, 1.807) is 32.3 Å². The molecule has 82 heavy (non-hydrogen) atoms. The Kier molecular flexibility index (Phi) is 26.1. The van der Waals surface area contributed by atoms with Crippen molar-refractivity contribution < 1.29 is 56.7 Å². The Labute approximate surface area is 485 Å². The van der Waals surface area contributed by atoms with Crippen LogP contribution >= 0.6 is 30.8 Å². The molecule has 6 aromatic rings. The third-order valence-corrected chi connectivity index (χ3v) is 17.8. The normalized spacial score (nSPS) is 13.3. The molecule has 0 saturated carbocycles. The molecule has 7 N–H and O–H groups in total. The van der Waals surface area contributed by atoms with Crippen LogP contribution in [0.25, 0.3) is 11.2 Å². The predicted molar refractivity (Wildman–Crippen MR) is 315 cm³/mol. The highest BCUT2D eigenvalue weighted by Gasteiger charge is 2.37. The minimum absolute atomic E-state index is 0.00876. The van der Waals surface area contributed by atoms with E-state index in [1.165, 1.54) is 0 Å². The summed E-state index contributed by atoms with van der Waals surface area (Å²) in [6, 6.07) is 32.1. The van der Waals surface area contributed by atoms with Crippen LogP contribution in [0.2, 0.25) is 0 Å². The molecule has 0 radical (unpaired) electrons. The number of hydrogen-bond donors (Lipinski definition) is 6. The second-order valence-electron chi connectivity index (χ2n) is 19.1. The number of aromatic amines is 1. The van der Waals surface area contributed by atoms with Crippen molar-refractivity contribution in [2.45, 2.75) is 84.1 Å². The van der Waals surface area contributed by atoms with E-state index in [1.807, 2.05) is 121 Å². The lowest BCUT2D eigenvalue weighted by Gasteiger charge is -2.30. The van der Waals surface area contributed by atoms with E-state index in [-0.39, 0.29) is 119 Å². The molecule has 2 heterocycles. The first-order valence-corrected chi connectivity index (χ1v) is 31.8. The number of fused-ring (bicyclic) bond motifs is 1. The highest BCUT2D eigenvalue weighted by molar-refractivity contribution is 9.10. The van der Waals surface area contributed by atoms with Crippen LogP contribution < -0.4 is 31.6 Å². The molecule has 0 aliphatic heterocycles. The van der Waals surface area contributed by atoms with Crippen molar-refractivity contribution in [3.63, 3.8) is 0 Å². The number of hydrogen-bond acceptors (Lipinski definition) is 16. The Morgan fingerprint density at radius 2 is 0.866 bits per heavy atom. The standard InChI is InChI=1S/C57H74BrN9O13P2/c1-5-77-52(69)45(33-40-21-13-9-14-22-40)63-81(73,64-46(53(70)78-6-2)34-41-23-15-10-16-24-41)31-29-75-38-44(37-67-50-49(60-56(67)58)51(68)62-57(59)61-50)39-76-30-32-82(74,65-47(54(71)79-7-3)35-42-25-17-11-18-26-42)66-48(55(72)80-8-4)36-43-27-19-12-20-28-43/h9-28,44-48H,5-8,29-39H2,1-4H3,(H2,63,64,73)(H2,65,66,74)(H3,59,61,62,68)/t45-,46-,47-,48-/m0/s1. The molecule has 4 aromatic carbocycles. The van der Waals surface area contributed by atoms with Crippen LogP contribution in [-0.4, -0.2) is 133 Å². The molecule has 0 spiro atoms. The van der Waals surface area contributed by atoms with Crippen molar-refractivity contribution in [2.75, 3.05) is 70.9 Å². The number of ether oxygens (including phenoxy) is 6. The van der Waals surface area contributed by atoms with Gasteiger partial charge in [0.05, 0.1) is 65.2 Å². The molecule has 4 atom stereocenters. The molecule has 25 heteroatoms. The van der Waals surface area contributed by atoms with Crippen LogP contribution in [0.4, 0.5) is 5.95 Å². The van der Waals surface area contributed by atoms with Gasteiger partial charge in [-0.15, -0.1) is 0 Å². The van der Waals surface area contributed by atoms with Gasteiger partial charge in [0.15, 0.2) is 15.9 Å². The van der Waals surface area contributed by atoms with Gasteiger partial charge in [0.1, 0.15) is 24.2 Å². The zero-order chi connectivity index (χ0) is 58.9. The number of imidazole rings is 1. The first-order valence-electron chi connectivity index (χ1n) is 27.2. The molecule has 0 fully saturated rings. The molecular formula is C57H74BrN9O13P2. The summed E-state index contributed by atoms with van der Waals surface area (Å²) in [6.45, 7) is 6.43. The first-order chi connectivity index (χ1) is 39.5. The SMILES string of the molecule is CCOC(=O)[C@H](Cc1ccccc1)NP(=O)(CCOCC(COCCP(=O)(N[C@@H](Cc1ccccc1)C(=O)OCC)N[C@@H](Cc1ccccc1)C(=O)OCC)Cn1c(Br)nc2c(=O)[nH]c(N)nc21)N[C@@H](Cc1ccccc1)C(=O)OCC. The van der Waals surface area contributed by atoms with Gasteiger partial charge in [0, 0.05) is 12.5 Å². The third-order valence-electron chi connectivity index (χ3n) is 12.7. The second kappa shape index (κ2) is 33.0. The van der Waals surface area contributed by atoms with Crippen molar-refractivity contribution in [1.29, 1.82) is 0 Å². The van der Waals surface area contributed by atoms with E-state index >= 15 is 9.13 Å². The van der Waals surface area contributed by atoms with Crippen molar-refractivity contribution in [3.8, 4) is 0 Å². The molecule has 0 bridgehead atoms. The highest BCUT2D eigenvalue weighted by atomic mass is 79.9. The number of nitrogens with zero attached hydrogens (tertiary/aromatic N) is 3. The summed E-state index contributed by atoms with van der Waals surface area (Å²) >= 11 is 3.47. The van der Waals surface area contributed by atoms with E-state index in [0.717, 1.165) is 22.3 Å². The number of nitrogens with one attached hydrogen (secondary N) is 5. The maximum atomic E-state index is 15.5. The Morgan fingerprint density at radius 3 is 1.17 bits per heavy atom. The van der Waals surface area contributed by atoms with E-state index in [0.29, 0.717) is 0 Å². The van der Waals surface area contributed by atoms with Gasteiger partial charge >= 0.3 is 23.9 Å². The summed E-state index contributed by atoms with van der Waals surface area (Å²) in [7, 11) is -8.04. The number of nitrogens with two attached hydrogens (primary N) is 1. The number of anilines is 1. The number of benzene rings is 4. The fourth-order valence-corrected chi connectivity index (χ4v) is 13.6. The van der Waals surface area contributed by atoms with Crippen molar-refractivity contribution in [1.82, 2.24) is 39.9 Å². The molecule has 2 aromatic heterocycles. The Bertz CT molecular complexity index is 2830. The number of halogens is 1. The summed E-state index contributed by atoms with van der Waals surface area (Å²) in [5, 5.41) is 12.3. The van der Waals surface area contributed by atoms with E-state index in [9.17, 15) is 24.0 Å². The second-order valence-corrected chi connectivity index (χ2v) is 24.6. The van der Waals surface area contributed by atoms with Crippen molar-refractivity contribution in [2.24, 2.45) is 5.92 Å². The lowest BCUT2D eigenvalue weighted by Crippen LogP contribution is -2.46. The Balaban J connectivity index is 1.28. The molecular weight excluding hydrogens is 1160 g/mol. The minimum Gasteiger partial charge on any atom is -0.465 e. The van der Waals surface area contributed by atoms with E-state index in [2.05, 4.69) is 51.2 Å². The van der Waals surface area contributed by atoms with Crippen LogP contribution in [0, 0.1) is 5.92 Å². The number of H-pyrrole nitrogens is 1. The van der Waals surface area contributed by atoms with Crippen LogP contribution in [0.3, 0.4) is 0 Å². The predicted octanol–water partition coefficient (Wildman–Crippen LogP) is 6.56. The van der Waals surface area contributed by atoms with Gasteiger partial charge in [0.2, 0.25) is 20.8 Å². The van der Waals surface area contributed by atoms with Gasteiger partial charge in [-0.05, 0) is 91.6 Å². The third kappa shape index (κ3) is 20.5. The zero-order valence-electron chi connectivity index (χ0n) is 46.5. The van der Waals surface area contributed by atoms with Crippen molar-refractivity contribution >= 4 is 71.8 Å². The highest BCUT2D eigenvalue weighted by Crippen LogP contribution is 2.40. The molecule has 0 aliphatic carbocycles. The number of aromatic nitrogens is 4. The minimum atomic E-state index is -4.02. The molecule has 0 saturated heterocycles. The summed E-state index contributed by atoms with van der Waals surface area (Å²) < 4.78 is 67.4. The van der Waals surface area contributed by atoms with Crippen LogP contribution in [0.15, 0.2) is 131 Å². The maximum absolute atomic E-state index is 15.5. The summed E-state index contributed by atoms with van der Waals surface area (Å²) in [5.41, 5.74) is 8.66. The Hall–Kier alpha value is -6.39. The molecule has 6 rings (SSSR count). The fraction of sp³-hybridized carbons (Fsp3) is 0.421. The number of nitrogen functional groups attached to an aromatic ring is 1. The number of carbonyl (C=O) groups is 4. The summed E-state index contributed by atoms with van der Waals surface area (Å²) in [4.78, 5) is 78.7. The van der Waals surface area contributed by atoms with Crippen LogP contribution in [0.5, 0.6) is 0 Å². The maximum Gasteiger partial charge on any atom is 0.323 e. The van der Waals surface area contributed by atoms with Gasteiger partial charge in [-0.1, -0.05) is 121 Å². The number of esters is 4. The van der Waals surface area contributed by atoms with E-state index < -0.39 is 74.4 Å². The molecule has 0 aliphatic rings. The van der Waals surface area contributed by atoms with Gasteiger partial charge in [-0.3, -0.25) is 38.1 Å². The van der Waals surface area contributed by atoms with Gasteiger partial charge in [-0.25, -0.2) is 25.3 Å². The fourth-order valence-electron chi connectivity index (χ4n) is 8.90. The van der Waals surface area contributed by atoms with Gasteiger partial charge in [0.25, 0.3) is 5.56 Å². The van der Waals surface area contributed by atoms with Gasteiger partial charge < -0.3 is 38.7 Å². The van der Waals surface area contributed by atoms with Crippen LogP contribution in [-0.2, 0) is 89.0 Å². The van der Waals surface area contributed by atoms with Gasteiger partial charge in [-0.2, -0.15) is 4.98 Å². The Morgan fingerprint density at radius 1 is 0.549 bits per heavy atom. The summed E-state index contributed by atoms with van der Waals surface area (Å²) in [5.74, 6) is -3.35. The summed E-state index contributed by atoms with van der Waals surface area (Å²) in [6.07, 6.45) is -0.0559. The molecule has 0 amide bonds. The topological polar surface area (TPSA) is 296 Å². The number of rotatable bonds is 36. The largest absolute Gasteiger partial charge is 0.465 e. The average Bonchev–Trinajstić information content (AvgIpc) is 4.06. The number of carbonyl (C=O) groups excluding carboxylic acids is 4. The molecule has 442 valence electrons. The van der Waals surface area contributed by atoms with Crippen LogP contribution in [0.1, 0.15) is 49.9 Å².